The lowest BCUT2D eigenvalue weighted by atomic mass is 10.0. The molecule has 3 rings (SSSR count). The molecule has 3 heterocycles. The van der Waals surface area contributed by atoms with Crippen molar-refractivity contribution in [1.82, 2.24) is 14.8 Å². The molecule has 0 aliphatic carbocycles. The first kappa shape index (κ1) is 15.9. The van der Waals surface area contributed by atoms with Gasteiger partial charge < -0.3 is 13.7 Å². The Kier molecular flexibility index (Phi) is 4.42. The molecular formula is C16H16N4O4. The van der Waals surface area contributed by atoms with Gasteiger partial charge in [-0.2, -0.15) is 5.26 Å². The Balaban J connectivity index is 1.91. The molecule has 0 bridgehead atoms. The zero-order valence-corrected chi connectivity index (χ0v) is 13.2. The van der Waals surface area contributed by atoms with E-state index in [1.165, 1.54) is 13.2 Å². The predicted octanol–water partition coefficient (Wildman–Crippen LogP) is 1.87. The average molecular weight is 328 g/mol. The van der Waals surface area contributed by atoms with Crippen molar-refractivity contribution in [3.8, 4) is 6.07 Å². The highest BCUT2D eigenvalue weighted by Gasteiger charge is 2.31. The maximum Gasteiger partial charge on any atom is 0.341 e. The quantitative estimate of drug-likeness (QED) is 0.622. The van der Waals surface area contributed by atoms with E-state index in [0.717, 1.165) is 37.8 Å². The minimum absolute atomic E-state index is 0.0760. The van der Waals surface area contributed by atoms with Crippen molar-refractivity contribution in [3.63, 3.8) is 0 Å². The number of nitriles is 1. The van der Waals surface area contributed by atoms with Crippen LogP contribution in [0.15, 0.2) is 16.7 Å². The second-order valence-corrected chi connectivity index (χ2v) is 5.55. The maximum absolute atomic E-state index is 12.6. The normalized spacial score (nSPS) is 15.0. The number of hydrogen-bond acceptors (Lipinski definition) is 7. The number of nitrogens with zero attached hydrogens (tertiary/aromatic N) is 4. The number of aromatic nitrogens is 3. The third kappa shape index (κ3) is 2.80. The molecule has 1 aliphatic rings. The molecular weight excluding hydrogens is 312 g/mol. The molecule has 0 spiro atoms. The van der Waals surface area contributed by atoms with Crippen molar-refractivity contribution in [2.75, 3.05) is 7.11 Å². The van der Waals surface area contributed by atoms with Crippen LogP contribution in [0.1, 0.15) is 57.7 Å². The number of furan rings is 1. The van der Waals surface area contributed by atoms with Crippen LogP contribution in [-0.2, 0) is 17.7 Å². The van der Waals surface area contributed by atoms with E-state index in [4.69, 9.17) is 4.42 Å². The van der Waals surface area contributed by atoms with Crippen molar-refractivity contribution < 1.29 is 18.7 Å². The van der Waals surface area contributed by atoms with Gasteiger partial charge in [0.1, 0.15) is 12.1 Å². The molecule has 0 N–H and O–H groups in total. The fourth-order valence-electron chi connectivity index (χ4n) is 2.79. The highest BCUT2D eigenvalue weighted by atomic mass is 16.5. The summed E-state index contributed by atoms with van der Waals surface area (Å²) in [5.41, 5.74) is 0.123. The van der Waals surface area contributed by atoms with Gasteiger partial charge >= 0.3 is 5.97 Å². The van der Waals surface area contributed by atoms with Gasteiger partial charge in [0.05, 0.1) is 18.7 Å². The average Bonchev–Trinajstić information content (AvgIpc) is 3.17. The standard InChI is InChI=1S/C16H16N4O4/c1-23-16(22)10-7-12(24-9-10)14(21)11(8-17)15-19-18-13-5-3-2-4-6-20(13)15/h7,9,11H,2-6H2,1H3. The summed E-state index contributed by atoms with van der Waals surface area (Å²) in [5.74, 6) is -1.23. The number of carbonyl (C=O) groups excluding carboxylic acids is 2. The molecule has 0 saturated carbocycles. The van der Waals surface area contributed by atoms with E-state index >= 15 is 0 Å². The minimum atomic E-state index is -1.12. The van der Waals surface area contributed by atoms with Crippen LogP contribution in [0.4, 0.5) is 0 Å². The largest absolute Gasteiger partial charge is 0.465 e. The van der Waals surface area contributed by atoms with Crippen LogP contribution in [0.5, 0.6) is 0 Å². The summed E-state index contributed by atoms with van der Waals surface area (Å²) in [7, 11) is 1.24. The molecule has 24 heavy (non-hydrogen) atoms. The molecule has 2 aromatic heterocycles. The molecule has 2 aromatic rings. The molecule has 1 aliphatic heterocycles. The Morgan fingerprint density at radius 2 is 2.21 bits per heavy atom. The summed E-state index contributed by atoms with van der Waals surface area (Å²) in [6.07, 6.45) is 4.97. The number of ketones is 1. The Morgan fingerprint density at radius 1 is 1.38 bits per heavy atom. The SMILES string of the molecule is COC(=O)c1coc(C(=O)C(C#N)c2nnc3n2CCCCC3)c1. The highest BCUT2D eigenvalue weighted by molar-refractivity contribution is 6.02. The maximum atomic E-state index is 12.6. The van der Waals surface area contributed by atoms with E-state index in [0.29, 0.717) is 12.4 Å². The van der Waals surface area contributed by atoms with Gasteiger partial charge in [-0.1, -0.05) is 6.42 Å². The van der Waals surface area contributed by atoms with E-state index < -0.39 is 17.7 Å². The van der Waals surface area contributed by atoms with E-state index in [2.05, 4.69) is 14.9 Å². The minimum Gasteiger partial charge on any atom is -0.465 e. The Hall–Kier alpha value is -2.95. The van der Waals surface area contributed by atoms with Crippen LogP contribution < -0.4 is 0 Å². The Morgan fingerprint density at radius 3 is 2.96 bits per heavy atom. The van der Waals surface area contributed by atoms with Crippen molar-refractivity contribution in [1.29, 1.82) is 5.26 Å². The van der Waals surface area contributed by atoms with Crippen LogP contribution in [0.3, 0.4) is 0 Å². The monoisotopic (exact) mass is 328 g/mol. The van der Waals surface area contributed by atoms with Gasteiger partial charge in [0.2, 0.25) is 5.78 Å². The number of methoxy groups -OCH3 is 1. The third-order valence-corrected chi connectivity index (χ3v) is 4.05. The molecule has 1 unspecified atom stereocenters. The molecule has 8 nitrogen and oxygen atoms in total. The fraction of sp³-hybridized carbons (Fsp3) is 0.438. The van der Waals surface area contributed by atoms with Crippen molar-refractivity contribution in [2.45, 2.75) is 38.1 Å². The number of rotatable bonds is 4. The van der Waals surface area contributed by atoms with Gasteiger partial charge in [0.15, 0.2) is 17.5 Å². The number of fused-ring (bicyclic) bond motifs is 1. The van der Waals surface area contributed by atoms with E-state index in [1.807, 2.05) is 10.6 Å². The van der Waals surface area contributed by atoms with E-state index in [9.17, 15) is 14.9 Å². The molecule has 0 aromatic carbocycles. The van der Waals surface area contributed by atoms with Crippen LogP contribution in [0.25, 0.3) is 0 Å². The zero-order valence-electron chi connectivity index (χ0n) is 13.2. The smallest absolute Gasteiger partial charge is 0.341 e. The number of esters is 1. The van der Waals surface area contributed by atoms with E-state index in [1.54, 1.807) is 0 Å². The summed E-state index contributed by atoms with van der Waals surface area (Å²) in [6, 6.07) is 3.25. The lowest BCUT2D eigenvalue weighted by molar-refractivity contribution is 0.0599. The molecule has 0 saturated heterocycles. The van der Waals surface area contributed by atoms with Crippen LogP contribution >= 0.6 is 0 Å². The topological polar surface area (TPSA) is 111 Å². The van der Waals surface area contributed by atoms with Gasteiger partial charge in [-0.25, -0.2) is 4.79 Å². The van der Waals surface area contributed by atoms with Crippen LogP contribution in [0, 0.1) is 11.3 Å². The summed E-state index contributed by atoms with van der Waals surface area (Å²) < 4.78 is 11.6. The van der Waals surface area contributed by atoms with Crippen molar-refractivity contribution in [2.24, 2.45) is 0 Å². The lowest BCUT2D eigenvalue weighted by Gasteiger charge is -2.09. The molecule has 0 fully saturated rings. The fourth-order valence-corrected chi connectivity index (χ4v) is 2.79. The van der Waals surface area contributed by atoms with E-state index in [-0.39, 0.29) is 11.3 Å². The Bertz CT molecular complexity index is 814. The second kappa shape index (κ2) is 6.66. The van der Waals surface area contributed by atoms with Gasteiger partial charge in [-0.3, -0.25) is 4.79 Å². The van der Waals surface area contributed by atoms with Gasteiger partial charge in [-0.15, -0.1) is 10.2 Å². The third-order valence-electron chi connectivity index (χ3n) is 4.05. The number of Topliss-reactive ketones (excluding diaryl/α,β-unsaturated/α-hetero) is 1. The summed E-state index contributed by atoms with van der Waals surface area (Å²) in [4.78, 5) is 24.1. The highest BCUT2D eigenvalue weighted by Crippen LogP contribution is 2.24. The first-order chi connectivity index (χ1) is 11.7. The summed E-state index contributed by atoms with van der Waals surface area (Å²) in [5, 5.41) is 17.6. The van der Waals surface area contributed by atoms with Gasteiger partial charge in [0, 0.05) is 19.0 Å². The van der Waals surface area contributed by atoms with Crippen molar-refractivity contribution >= 4 is 11.8 Å². The lowest BCUT2D eigenvalue weighted by Crippen LogP contribution is -2.17. The summed E-state index contributed by atoms with van der Waals surface area (Å²) >= 11 is 0. The Labute approximate surface area is 138 Å². The molecule has 124 valence electrons. The first-order valence-electron chi connectivity index (χ1n) is 7.68. The van der Waals surface area contributed by atoms with Crippen LogP contribution in [0.2, 0.25) is 0 Å². The second-order valence-electron chi connectivity index (χ2n) is 5.55. The number of ether oxygens (including phenoxy) is 1. The van der Waals surface area contributed by atoms with Crippen LogP contribution in [-0.4, -0.2) is 33.6 Å². The molecule has 8 heteroatoms. The summed E-state index contributed by atoms with van der Waals surface area (Å²) in [6.45, 7) is 0.689. The van der Waals surface area contributed by atoms with Gasteiger partial charge in [0.25, 0.3) is 0 Å². The zero-order chi connectivity index (χ0) is 17.1. The van der Waals surface area contributed by atoms with Gasteiger partial charge in [-0.05, 0) is 12.8 Å². The molecule has 1 atom stereocenters. The number of aryl methyl sites for hydroxylation is 1. The predicted molar refractivity (Wildman–Crippen MR) is 80.3 cm³/mol. The number of carbonyl (C=O) groups is 2. The molecule has 0 amide bonds. The first-order valence-corrected chi connectivity index (χ1v) is 7.68. The molecule has 0 radical (unpaired) electrons. The number of hydrogen-bond donors (Lipinski definition) is 0. The van der Waals surface area contributed by atoms with Crippen molar-refractivity contribution in [3.05, 3.63) is 35.3 Å².